The average Bonchev–Trinajstić information content (AvgIpc) is 3.44. The van der Waals surface area contributed by atoms with Crippen LogP contribution in [0, 0.1) is 0 Å². The molecule has 0 saturated heterocycles. The predicted molar refractivity (Wildman–Crippen MR) is 339 cm³/mol. The van der Waals surface area contributed by atoms with Crippen molar-refractivity contribution in [3.8, 4) is 0 Å². The Bertz CT molecular complexity index is 1350. The molecule has 0 rings (SSSR count). The maximum atomic E-state index is 12.9. The Balaban J connectivity index is 4.01. The van der Waals surface area contributed by atoms with Crippen LogP contribution in [0.4, 0.5) is 0 Å². The van der Waals surface area contributed by atoms with E-state index >= 15 is 0 Å². The van der Waals surface area contributed by atoms with Crippen LogP contribution in [0.15, 0.2) is 48.6 Å². The Hall–Kier alpha value is -2.63. The van der Waals surface area contributed by atoms with Gasteiger partial charge in [0, 0.05) is 19.3 Å². The molecule has 0 N–H and O–H groups in total. The van der Waals surface area contributed by atoms with Gasteiger partial charge in [0.25, 0.3) is 0 Å². The van der Waals surface area contributed by atoms with Crippen LogP contribution >= 0.6 is 0 Å². The number of hydrogen-bond acceptors (Lipinski definition) is 6. The zero-order valence-corrected chi connectivity index (χ0v) is 52.5. The Morgan fingerprint density at radius 3 is 0.782 bits per heavy atom. The summed E-state index contributed by atoms with van der Waals surface area (Å²) >= 11 is 0. The molecule has 0 aromatic carbocycles. The second-order valence-corrected chi connectivity index (χ2v) is 23.4. The average molecular weight is 1090 g/mol. The van der Waals surface area contributed by atoms with Crippen molar-refractivity contribution in [1.82, 2.24) is 0 Å². The van der Waals surface area contributed by atoms with Gasteiger partial charge in [-0.15, -0.1) is 0 Å². The standard InChI is InChI=1S/C72H132O6/c1-4-7-10-13-16-19-21-23-25-27-28-29-30-31-32-33-34-35-36-37-38-39-40-41-42-43-45-46-48-50-53-56-59-62-65-71(74)77-68-69(67-76-70(73)64-61-58-55-52-18-15-12-9-6-3)78-72(75)66-63-60-57-54-51-49-47-44-26-24-22-20-17-14-11-8-5-2/h8,11,17,20,24,26,47,49,69H,4-7,9-10,12-16,18-19,21-23,25,27-46,48,50-68H2,1-3H3/b11-8-,20-17-,26-24-,49-47-. The minimum Gasteiger partial charge on any atom is -0.462 e. The lowest BCUT2D eigenvalue weighted by molar-refractivity contribution is -0.167. The highest BCUT2D eigenvalue weighted by Gasteiger charge is 2.19. The zero-order valence-electron chi connectivity index (χ0n) is 52.5. The molecule has 0 aliphatic rings. The molecule has 0 heterocycles. The molecule has 0 bridgehead atoms. The van der Waals surface area contributed by atoms with E-state index in [-0.39, 0.29) is 31.1 Å². The Morgan fingerprint density at radius 2 is 0.500 bits per heavy atom. The van der Waals surface area contributed by atoms with E-state index in [2.05, 4.69) is 69.4 Å². The number of esters is 3. The lowest BCUT2D eigenvalue weighted by atomic mass is 10.0. The number of unbranched alkanes of at least 4 members (excludes halogenated alkanes) is 45. The third kappa shape index (κ3) is 64.2. The second kappa shape index (κ2) is 66.9. The maximum Gasteiger partial charge on any atom is 0.306 e. The van der Waals surface area contributed by atoms with Crippen molar-refractivity contribution < 1.29 is 28.6 Å². The third-order valence-electron chi connectivity index (χ3n) is 15.6. The minimum absolute atomic E-state index is 0.0789. The summed E-state index contributed by atoms with van der Waals surface area (Å²) in [5, 5.41) is 0. The molecule has 0 aliphatic heterocycles. The highest BCUT2D eigenvalue weighted by atomic mass is 16.6. The number of rotatable bonds is 64. The van der Waals surface area contributed by atoms with Gasteiger partial charge in [-0.3, -0.25) is 14.4 Å². The Morgan fingerprint density at radius 1 is 0.269 bits per heavy atom. The molecular weight excluding hydrogens is 961 g/mol. The van der Waals surface area contributed by atoms with E-state index in [0.717, 1.165) is 96.3 Å². The summed E-state index contributed by atoms with van der Waals surface area (Å²) in [5.74, 6) is -0.886. The van der Waals surface area contributed by atoms with Crippen LogP contribution in [-0.2, 0) is 28.6 Å². The smallest absolute Gasteiger partial charge is 0.306 e. The molecule has 0 amide bonds. The molecule has 6 nitrogen and oxygen atoms in total. The molecule has 0 aromatic heterocycles. The van der Waals surface area contributed by atoms with Gasteiger partial charge in [0.15, 0.2) is 6.10 Å². The van der Waals surface area contributed by atoms with E-state index in [9.17, 15) is 14.4 Å². The maximum absolute atomic E-state index is 12.9. The van der Waals surface area contributed by atoms with E-state index in [4.69, 9.17) is 14.2 Å². The van der Waals surface area contributed by atoms with Gasteiger partial charge in [-0.05, 0) is 57.8 Å². The van der Waals surface area contributed by atoms with Crippen molar-refractivity contribution in [1.29, 1.82) is 0 Å². The predicted octanol–water partition coefficient (Wildman–Crippen LogP) is 23.7. The van der Waals surface area contributed by atoms with Gasteiger partial charge < -0.3 is 14.2 Å². The lowest BCUT2D eigenvalue weighted by Gasteiger charge is -2.18. The first-order valence-electron chi connectivity index (χ1n) is 34.6. The van der Waals surface area contributed by atoms with Crippen LogP contribution < -0.4 is 0 Å². The van der Waals surface area contributed by atoms with Crippen molar-refractivity contribution in [3.05, 3.63) is 48.6 Å². The van der Waals surface area contributed by atoms with Gasteiger partial charge in [0.05, 0.1) is 0 Å². The summed E-state index contributed by atoms with van der Waals surface area (Å²) in [4.78, 5) is 38.2. The molecule has 1 unspecified atom stereocenters. The molecule has 6 heteroatoms. The Kier molecular flexibility index (Phi) is 64.6. The van der Waals surface area contributed by atoms with Crippen molar-refractivity contribution in [3.63, 3.8) is 0 Å². The van der Waals surface area contributed by atoms with E-state index in [1.165, 1.54) is 238 Å². The van der Waals surface area contributed by atoms with Crippen LogP contribution in [0.5, 0.6) is 0 Å². The van der Waals surface area contributed by atoms with Gasteiger partial charge in [-0.2, -0.15) is 0 Å². The summed E-state index contributed by atoms with van der Waals surface area (Å²) in [5.41, 5.74) is 0. The zero-order chi connectivity index (χ0) is 56.4. The van der Waals surface area contributed by atoms with Gasteiger partial charge in [-0.25, -0.2) is 0 Å². The van der Waals surface area contributed by atoms with Gasteiger partial charge >= 0.3 is 17.9 Å². The minimum atomic E-state index is -0.783. The summed E-state index contributed by atoms with van der Waals surface area (Å²) < 4.78 is 16.9. The van der Waals surface area contributed by atoms with Crippen molar-refractivity contribution in [2.45, 2.75) is 380 Å². The molecule has 0 radical (unpaired) electrons. The fourth-order valence-electron chi connectivity index (χ4n) is 10.4. The van der Waals surface area contributed by atoms with E-state index < -0.39 is 6.10 Å². The van der Waals surface area contributed by atoms with Crippen LogP contribution in [-0.4, -0.2) is 37.2 Å². The largest absolute Gasteiger partial charge is 0.462 e. The molecule has 0 spiro atoms. The van der Waals surface area contributed by atoms with E-state index in [1.807, 2.05) is 0 Å². The van der Waals surface area contributed by atoms with Gasteiger partial charge in [0.1, 0.15) is 13.2 Å². The monoisotopic (exact) mass is 1090 g/mol. The molecule has 0 saturated carbocycles. The second-order valence-electron chi connectivity index (χ2n) is 23.4. The van der Waals surface area contributed by atoms with Crippen molar-refractivity contribution in [2.75, 3.05) is 13.2 Å². The first-order valence-corrected chi connectivity index (χ1v) is 34.6. The fourth-order valence-corrected chi connectivity index (χ4v) is 10.4. The molecule has 1 atom stereocenters. The normalized spacial score (nSPS) is 12.3. The van der Waals surface area contributed by atoms with Crippen LogP contribution in [0.1, 0.15) is 374 Å². The topological polar surface area (TPSA) is 78.9 Å². The first kappa shape index (κ1) is 75.4. The SMILES string of the molecule is CC/C=C\C/C=C\C/C=C\C/C=C\CCCCCCC(=O)OC(COC(=O)CCCCCCCCCCC)COC(=O)CCCCCCCCCCCCCCCCCCCCCCCCCCCCCCCCCCCC. The van der Waals surface area contributed by atoms with E-state index in [0.29, 0.717) is 19.3 Å². The summed E-state index contributed by atoms with van der Waals surface area (Å²) in [6.45, 7) is 6.54. The Labute approximate surface area is 486 Å². The fraction of sp³-hybridized carbons (Fsp3) is 0.847. The molecule has 0 aliphatic carbocycles. The third-order valence-corrected chi connectivity index (χ3v) is 15.6. The number of allylic oxidation sites excluding steroid dienone is 8. The number of carbonyl (C=O) groups is 3. The molecule has 0 aromatic rings. The van der Waals surface area contributed by atoms with Crippen LogP contribution in [0.3, 0.4) is 0 Å². The van der Waals surface area contributed by atoms with Gasteiger partial charge in [0.2, 0.25) is 0 Å². The highest BCUT2D eigenvalue weighted by molar-refractivity contribution is 5.71. The van der Waals surface area contributed by atoms with E-state index in [1.54, 1.807) is 0 Å². The quantitative estimate of drug-likeness (QED) is 0.0261. The molecule has 456 valence electrons. The number of ether oxygens (including phenoxy) is 3. The lowest BCUT2D eigenvalue weighted by Crippen LogP contribution is -2.30. The number of carbonyl (C=O) groups excluding carboxylic acids is 3. The van der Waals surface area contributed by atoms with Crippen molar-refractivity contribution in [2.24, 2.45) is 0 Å². The number of hydrogen-bond donors (Lipinski definition) is 0. The summed E-state index contributed by atoms with van der Waals surface area (Å²) in [6, 6.07) is 0. The van der Waals surface area contributed by atoms with Crippen LogP contribution in [0.25, 0.3) is 0 Å². The first-order chi connectivity index (χ1) is 38.5. The summed E-state index contributed by atoms with van der Waals surface area (Å²) in [6.07, 6.45) is 84.6. The molecular formula is C72H132O6. The molecule has 78 heavy (non-hydrogen) atoms. The highest BCUT2D eigenvalue weighted by Crippen LogP contribution is 2.19. The molecule has 0 fully saturated rings. The summed E-state index contributed by atoms with van der Waals surface area (Å²) in [7, 11) is 0. The van der Waals surface area contributed by atoms with Crippen LogP contribution in [0.2, 0.25) is 0 Å². The van der Waals surface area contributed by atoms with Gasteiger partial charge in [-0.1, -0.05) is 345 Å². The van der Waals surface area contributed by atoms with Crippen molar-refractivity contribution >= 4 is 17.9 Å².